The van der Waals surface area contributed by atoms with Gasteiger partial charge in [0.1, 0.15) is 0 Å². The van der Waals surface area contributed by atoms with Crippen LogP contribution >= 0.6 is 0 Å². The number of carbonyl (C=O) groups excluding carboxylic acids is 4. The topological polar surface area (TPSA) is 105 Å². The minimum Gasteiger partial charge on any atom is -0.469 e. The highest BCUT2D eigenvalue weighted by Gasteiger charge is 2.22. The maximum absolute atomic E-state index is 12.1. The third kappa shape index (κ3) is 5.17. The second kappa shape index (κ2) is 9.97. The van der Waals surface area contributed by atoms with E-state index in [1.54, 1.807) is 0 Å². The van der Waals surface area contributed by atoms with Gasteiger partial charge in [-0.2, -0.15) is 0 Å². The fraction of sp³-hybridized carbons (Fsp3) is 0.333. The summed E-state index contributed by atoms with van der Waals surface area (Å²) in [5, 5.41) is 0. The highest BCUT2D eigenvalue weighted by Crippen LogP contribution is 2.25. The summed E-state index contributed by atoms with van der Waals surface area (Å²) in [6.45, 7) is 0. The van der Waals surface area contributed by atoms with E-state index in [1.807, 2.05) is 0 Å². The lowest BCUT2D eigenvalue weighted by molar-refractivity contribution is -0.140. The molecule has 0 N–H and O–H groups in total. The summed E-state index contributed by atoms with van der Waals surface area (Å²) in [6, 6.07) is 2.79. The van der Waals surface area contributed by atoms with Crippen molar-refractivity contribution < 1.29 is 38.1 Å². The number of rotatable bonds is 7. The van der Waals surface area contributed by atoms with Crippen LogP contribution in [0.15, 0.2) is 18.2 Å². The molecular weight excluding hydrogens is 344 g/mol. The van der Waals surface area contributed by atoms with E-state index in [-0.39, 0.29) is 29.5 Å². The molecule has 0 aliphatic rings. The van der Waals surface area contributed by atoms with Gasteiger partial charge in [0.05, 0.1) is 39.6 Å². The first-order valence-electron chi connectivity index (χ1n) is 7.54. The molecule has 0 fully saturated rings. The molecule has 8 nitrogen and oxygen atoms in total. The molecule has 0 spiro atoms. The maximum atomic E-state index is 12.1. The van der Waals surface area contributed by atoms with Crippen molar-refractivity contribution in [3.63, 3.8) is 0 Å². The number of benzene rings is 1. The first-order valence-corrected chi connectivity index (χ1v) is 7.54. The molecule has 0 heterocycles. The summed E-state index contributed by atoms with van der Waals surface area (Å²) >= 11 is 0. The van der Waals surface area contributed by atoms with Crippen molar-refractivity contribution in [2.75, 3.05) is 28.4 Å². The Morgan fingerprint density at radius 2 is 1.42 bits per heavy atom. The van der Waals surface area contributed by atoms with Gasteiger partial charge in [0, 0.05) is 12.5 Å². The predicted molar refractivity (Wildman–Crippen MR) is 90.5 cm³/mol. The van der Waals surface area contributed by atoms with Gasteiger partial charge in [0.25, 0.3) is 0 Å². The fourth-order valence-electron chi connectivity index (χ4n) is 2.26. The molecule has 0 bridgehead atoms. The van der Waals surface area contributed by atoms with Gasteiger partial charge in [-0.1, -0.05) is 0 Å². The van der Waals surface area contributed by atoms with Crippen LogP contribution in [-0.2, 0) is 35.0 Å². The smallest absolute Gasteiger partial charge is 0.338 e. The van der Waals surface area contributed by atoms with E-state index in [0.29, 0.717) is 5.56 Å². The van der Waals surface area contributed by atoms with Crippen LogP contribution in [0.5, 0.6) is 0 Å². The van der Waals surface area contributed by atoms with E-state index in [0.717, 1.165) is 6.08 Å². The van der Waals surface area contributed by atoms with Crippen LogP contribution in [0.1, 0.15) is 38.3 Å². The molecule has 26 heavy (non-hydrogen) atoms. The van der Waals surface area contributed by atoms with Gasteiger partial charge in [-0.3, -0.25) is 4.79 Å². The summed E-state index contributed by atoms with van der Waals surface area (Å²) in [5.41, 5.74) is 0.896. The zero-order chi connectivity index (χ0) is 19.7. The molecule has 0 saturated carbocycles. The van der Waals surface area contributed by atoms with Crippen molar-refractivity contribution in [3.05, 3.63) is 40.5 Å². The molecule has 0 atom stereocenters. The summed E-state index contributed by atoms with van der Waals surface area (Å²) < 4.78 is 18.7. The zero-order valence-corrected chi connectivity index (χ0v) is 15.0. The van der Waals surface area contributed by atoms with Gasteiger partial charge in [-0.15, -0.1) is 0 Å². The van der Waals surface area contributed by atoms with Crippen molar-refractivity contribution in [3.8, 4) is 0 Å². The van der Waals surface area contributed by atoms with Gasteiger partial charge < -0.3 is 18.9 Å². The molecule has 8 heteroatoms. The van der Waals surface area contributed by atoms with E-state index in [9.17, 15) is 19.2 Å². The van der Waals surface area contributed by atoms with Crippen molar-refractivity contribution >= 4 is 30.0 Å². The predicted octanol–water partition coefficient (Wildman–Crippen LogP) is 1.55. The Kier molecular flexibility index (Phi) is 8.01. The fourth-order valence-corrected chi connectivity index (χ4v) is 2.26. The van der Waals surface area contributed by atoms with E-state index < -0.39 is 23.9 Å². The number of ether oxygens (including phenoxy) is 4. The molecule has 0 unspecified atom stereocenters. The Labute approximate surface area is 150 Å². The molecule has 0 radical (unpaired) electrons. The normalized spacial score (nSPS) is 10.3. The molecular formula is C18H20O8. The third-order valence-corrected chi connectivity index (χ3v) is 3.56. The Morgan fingerprint density at radius 3 is 1.96 bits per heavy atom. The lowest BCUT2D eigenvalue weighted by Gasteiger charge is -2.14. The van der Waals surface area contributed by atoms with Gasteiger partial charge >= 0.3 is 23.9 Å². The lowest BCUT2D eigenvalue weighted by Crippen LogP contribution is -2.14. The van der Waals surface area contributed by atoms with Gasteiger partial charge in [-0.05, 0) is 35.8 Å². The lowest BCUT2D eigenvalue weighted by atomic mass is 9.92. The Bertz CT molecular complexity index is 733. The summed E-state index contributed by atoms with van der Waals surface area (Å²) in [6.07, 6.45) is 2.48. The Balaban J connectivity index is 3.58. The molecule has 0 aromatic heterocycles. The monoisotopic (exact) mass is 364 g/mol. The van der Waals surface area contributed by atoms with E-state index >= 15 is 0 Å². The second-order valence-corrected chi connectivity index (χ2v) is 4.97. The minimum absolute atomic E-state index is 0.0375. The van der Waals surface area contributed by atoms with Crippen molar-refractivity contribution in [2.24, 2.45) is 0 Å². The number of hydrogen-bond donors (Lipinski definition) is 0. The van der Waals surface area contributed by atoms with Crippen LogP contribution in [0.2, 0.25) is 0 Å². The summed E-state index contributed by atoms with van der Waals surface area (Å²) in [7, 11) is 4.87. The molecule has 0 amide bonds. The Morgan fingerprint density at radius 1 is 0.846 bits per heavy atom. The van der Waals surface area contributed by atoms with Crippen LogP contribution in [0.25, 0.3) is 6.08 Å². The largest absolute Gasteiger partial charge is 0.469 e. The van der Waals surface area contributed by atoms with Gasteiger partial charge in [0.15, 0.2) is 0 Å². The number of carbonyl (C=O) groups is 4. The molecule has 0 saturated heterocycles. The average molecular weight is 364 g/mol. The van der Waals surface area contributed by atoms with E-state index in [4.69, 9.17) is 9.47 Å². The van der Waals surface area contributed by atoms with Crippen LogP contribution in [0, 0.1) is 0 Å². The quantitative estimate of drug-likeness (QED) is 0.408. The van der Waals surface area contributed by atoms with Crippen molar-refractivity contribution in [2.45, 2.75) is 12.8 Å². The summed E-state index contributed by atoms with van der Waals surface area (Å²) in [4.78, 5) is 47.1. The molecule has 1 rings (SSSR count). The second-order valence-electron chi connectivity index (χ2n) is 4.97. The van der Waals surface area contributed by atoms with Crippen LogP contribution in [0.3, 0.4) is 0 Å². The van der Waals surface area contributed by atoms with Crippen LogP contribution < -0.4 is 0 Å². The van der Waals surface area contributed by atoms with Gasteiger partial charge in [-0.25, -0.2) is 14.4 Å². The minimum atomic E-state index is -0.662. The first kappa shape index (κ1) is 20.9. The molecule has 140 valence electrons. The van der Waals surface area contributed by atoms with Crippen molar-refractivity contribution in [1.82, 2.24) is 0 Å². The molecule has 1 aromatic rings. The molecule has 0 aliphatic carbocycles. The molecule has 0 aliphatic heterocycles. The zero-order valence-electron chi connectivity index (χ0n) is 15.0. The SMILES string of the molecule is COC(=O)/C=C/c1c(C(=O)OC)ccc(C(=O)OC)c1CCC(=O)OC. The van der Waals surface area contributed by atoms with E-state index in [2.05, 4.69) is 9.47 Å². The van der Waals surface area contributed by atoms with E-state index in [1.165, 1.54) is 46.6 Å². The van der Waals surface area contributed by atoms with Gasteiger partial charge in [0.2, 0.25) is 0 Å². The standard InChI is InChI=1S/C18H20O8/c1-23-15(19)9-7-11-12(8-10-16(20)24-2)14(18(22)26-4)6-5-13(11)17(21)25-3/h5-7,9H,8,10H2,1-4H3/b9-7+. The number of methoxy groups -OCH3 is 4. The van der Waals surface area contributed by atoms with Crippen LogP contribution in [0.4, 0.5) is 0 Å². The number of hydrogen-bond acceptors (Lipinski definition) is 8. The highest BCUT2D eigenvalue weighted by atomic mass is 16.5. The average Bonchev–Trinajstić information content (AvgIpc) is 2.68. The van der Waals surface area contributed by atoms with Crippen molar-refractivity contribution in [1.29, 1.82) is 0 Å². The maximum Gasteiger partial charge on any atom is 0.338 e. The first-order chi connectivity index (χ1) is 12.4. The van der Waals surface area contributed by atoms with Crippen LogP contribution in [-0.4, -0.2) is 52.3 Å². The Hall–Kier alpha value is -3.16. The molecule has 1 aromatic carbocycles. The summed E-state index contributed by atoms with van der Waals surface area (Å²) in [5.74, 6) is -2.45. The third-order valence-electron chi connectivity index (χ3n) is 3.56. The highest BCUT2D eigenvalue weighted by molar-refractivity contribution is 6.00. The number of esters is 4.